The third kappa shape index (κ3) is 4.13. The molecule has 2 rings (SSSR count). The number of methoxy groups -OCH3 is 1. The van der Waals surface area contributed by atoms with Crippen LogP contribution in [0.5, 0.6) is 5.75 Å². The Morgan fingerprint density at radius 3 is 2.64 bits per heavy atom. The molecule has 1 aromatic heterocycles. The Morgan fingerprint density at radius 1 is 1.27 bits per heavy atom. The lowest BCUT2D eigenvalue weighted by atomic mass is 9.85. The third-order valence-electron chi connectivity index (χ3n) is 3.54. The fraction of sp³-hybridized carbons (Fsp3) is 0.389. The predicted molar refractivity (Wildman–Crippen MR) is 86.0 cm³/mol. The van der Waals surface area contributed by atoms with Gasteiger partial charge in [0, 0.05) is 5.56 Å². The van der Waals surface area contributed by atoms with E-state index in [4.69, 9.17) is 9.15 Å². The van der Waals surface area contributed by atoms with Gasteiger partial charge in [0.25, 0.3) is 0 Å². The van der Waals surface area contributed by atoms with Gasteiger partial charge in [0.15, 0.2) is 0 Å². The van der Waals surface area contributed by atoms with Crippen LogP contribution in [0.3, 0.4) is 0 Å². The number of amides is 1. The van der Waals surface area contributed by atoms with Gasteiger partial charge in [0.2, 0.25) is 5.91 Å². The first-order valence-corrected chi connectivity index (χ1v) is 7.36. The van der Waals surface area contributed by atoms with Gasteiger partial charge in [-0.15, -0.1) is 0 Å². The average Bonchev–Trinajstić information content (AvgIpc) is 2.97. The van der Waals surface area contributed by atoms with Gasteiger partial charge in [-0.1, -0.05) is 32.9 Å². The van der Waals surface area contributed by atoms with Crippen molar-refractivity contribution < 1.29 is 13.9 Å². The highest BCUT2D eigenvalue weighted by atomic mass is 16.5. The van der Waals surface area contributed by atoms with Crippen molar-refractivity contribution >= 4 is 5.91 Å². The van der Waals surface area contributed by atoms with Gasteiger partial charge in [-0.25, -0.2) is 0 Å². The molecule has 0 aliphatic heterocycles. The Hall–Kier alpha value is -2.23. The predicted octanol–water partition coefficient (Wildman–Crippen LogP) is 3.44. The van der Waals surface area contributed by atoms with Crippen LogP contribution in [0.25, 0.3) is 0 Å². The van der Waals surface area contributed by atoms with Crippen molar-refractivity contribution in [3.63, 3.8) is 0 Å². The molecule has 4 heteroatoms. The third-order valence-corrected chi connectivity index (χ3v) is 3.54. The summed E-state index contributed by atoms with van der Waals surface area (Å²) < 4.78 is 10.6. The minimum Gasteiger partial charge on any atom is -0.496 e. The molecule has 118 valence electrons. The maximum absolute atomic E-state index is 12.1. The van der Waals surface area contributed by atoms with Gasteiger partial charge in [-0.05, 0) is 29.2 Å². The molecule has 1 N–H and O–H groups in total. The molecular weight excluding hydrogens is 278 g/mol. The molecule has 0 spiro atoms. The zero-order valence-corrected chi connectivity index (χ0v) is 13.6. The van der Waals surface area contributed by atoms with Crippen molar-refractivity contribution in [2.75, 3.05) is 7.11 Å². The van der Waals surface area contributed by atoms with Gasteiger partial charge in [0.05, 0.1) is 26.3 Å². The summed E-state index contributed by atoms with van der Waals surface area (Å²) in [6.45, 7) is 6.84. The van der Waals surface area contributed by atoms with Crippen LogP contribution in [0.4, 0.5) is 0 Å². The molecule has 1 heterocycles. The Morgan fingerprint density at radius 2 is 2.05 bits per heavy atom. The van der Waals surface area contributed by atoms with Gasteiger partial charge in [-0.2, -0.15) is 0 Å². The number of rotatable bonds is 5. The number of hydrogen-bond donors (Lipinski definition) is 1. The topological polar surface area (TPSA) is 51.5 Å². The number of carbonyl (C=O) groups is 1. The van der Waals surface area contributed by atoms with E-state index >= 15 is 0 Å². The number of benzene rings is 1. The van der Waals surface area contributed by atoms with E-state index < -0.39 is 0 Å². The highest BCUT2D eigenvalue weighted by Crippen LogP contribution is 2.28. The second kappa shape index (κ2) is 6.69. The van der Waals surface area contributed by atoms with E-state index in [1.165, 1.54) is 5.56 Å². The molecular formula is C18H23NO3. The fourth-order valence-electron chi connectivity index (χ4n) is 2.22. The molecule has 0 radical (unpaired) electrons. The molecule has 1 amide bonds. The highest BCUT2D eigenvalue weighted by molar-refractivity contribution is 5.79. The zero-order chi connectivity index (χ0) is 16.2. The van der Waals surface area contributed by atoms with E-state index in [-0.39, 0.29) is 17.7 Å². The first kappa shape index (κ1) is 16.1. The summed E-state index contributed by atoms with van der Waals surface area (Å²) in [6, 6.07) is 9.66. The molecule has 0 unspecified atom stereocenters. The normalized spacial score (nSPS) is 11.3. The van der Waals surface area contributed by atoms with Crippen LogP contribution in [-0.4, -0.2) is 13.0 Å². The lowest BCUT2D eigenvalue weighted by Crippen LogP contribution is -2.24. The smallest absolute Gasteiger partial charge is 0.224 e. The van der Waals surface area contributed by atoms with Gasteiger partial charge >= 0.3 is 0 Å². The van der Waals surface area contributed by atoms with Crippen LogP contribution >= 0.6 is 0 Å². The van der Waals surface area contributed by atoms with Crippen molar-refractivity contribution in [2.45, 2.75) is 39.2 Å². The number of carbonyl (C=O) groups excluding carboxylic acids is 1. The Bertz CT molecular complexity index is 624. The van der Waals surface area contributed by atoms with Crippen LogP contribution < -0.4 is 10.1 Å². The van der Waals surface area contributed by atoms with Crippen LogP contribution in [0.1, 0.15) is 37.7 Å². The van der Waals surface area contributed by atoms with Gasteiger partial charge < -0.3 is 14.5 Å². The van der Waals surface area contributed by atoms with Crippen molar-refractivity contribution in [1.82, 2.24) is 5.32 Å². The highest BCUT2D eigenvalue weighted by Gasteiger charge is 2.17. The first-order valence-electron chi connectivity index (χ1n) is 7.36. The molecule has 0 saturated carbocycles. The summed E-state index contributed by atoms with van der Waals surface area (Å²) in [5.41, 5.74) is 2.11. The molecule has 22 heavy (non-hydrogen) atoms. The number of nitrogens with one attached hydrogen (secondary N) is 1. The number of hydrogen-bond acceptors (Lipinski definition) is 3. The Labute approximate surface area is 131 Å². The Kier molecular flexibility index (Phi) is 4.91. The van der Waals surface area contributed by atoms with Crippen molar-refractivity contribution in [3.05, 3.63) is 53.5 Å². The molecule has 0 aliphatic rings. The molecule has 1 aromatic carbocycles. The van der Waals surface area contributed by atoms with Crippen molar-refractivity contribution in [1.29, 1.82) is 0 Å². The van der Waals surface area contributed by atoms with E-state index in [0.29, 0.717) is 6.54 Å². The average molecular weight is 301 g/mol. The second-order valence-electron chi connectivity index (χ2n) is 6.31. The van der Waals surface area contributed by atoms with E-state index in [1.807, 2.05) is 24.3 Å². The number of furan rings is 1. The summed E-state index contributed by atoms with van der Waals surface area (Å²) in [6.07, 6.45) is 1.88. The second-order valence-corrected chi connectivity index (χ2v) is 6.31. The molecule has 4 nitrogen and oxygen atoms in total. The molecule has 0 bridgehead atoms. The van der Waals surface area contributed by atoms with E-state index in [1.54, 1.807) is 19.4 Å². The molecule has 0 atom stereocenters. The SMILES string of the molecule is COc1ccc(C(C)(C)C)cc1CC(=O)NCc1ccco1. The van der Waals surface area contributed by atoms with Crippen molar-refractivity contribution in [3.8, 4) is 5.75 Å². The largest absolute Gasteiger partial charge is 0.496 e. The minimum atomic E-state index is -0.0549. The standard InChI is InChI=1S/C18H23NO3/c1-18(2,3)14-7-8-16(21-4)13(10-14)11-17(20)19-12-15-6-5-9-22-15/h5-10H,11-12H2,1-4H3,(H,19,20). The first-order chi connectivity index (χ1) is 10.4. The molecule has 0 saturated heterocycles. The maximum atomic E-state index is 12.1. The van der Waals surface area contributed by atoms with E-state index in [9.17, 15) is 4.79 Å². The summed E-state index contributed by atoms with van der Waals surface area (Å²) in [5, 5.41) is 2.85. The van der Waals surface area contributed by atoms with Crippen LogP contribution in [0.2, 0.25) is 0 Å². The lowest BCUT2D eigenvalue weighted by molar-refractivity contribution is -0.120. The molecule has 2 aromatic rings. The van der Waals surface area contributed by atoms with E-state index in [0.717, 1.165) is 17.1 Å². The molecule has 0 fully saturated rings. The van der Waals surface area contributed by atoms with Gasteiger partial charge in [-0.3, -0.25) is 4.79 Å². The maximum Gasteiger partial charge on any atom is 0.224 e. The quantitative estimate of drug-likeness (QED) is 0.920. The summed E-state index contributed by atoms with van der Waals surface area (Å²) in [4.78, 5) is 12.1. The number of ether oxygens (including phenoxy) is 1. The van der Waals surface area contributed by atoms with Gasteiger partial charge in [0.1, 0.15) is 11.5 Å². The summed E-state index contributed by atoms with van der Waals surface area (Å²) in [5.74, 6) is 1.42. The monoisotopic (exact) mass is 301 g/mol. The summed E-state index contributed by atoms with van der Waals surface area (Å²) >= 11 is 0. The van der Waals surface area contributed by atoms with Crippen LogP contribution in [0, 0.1) is 0 Å². The van der Waals surface area contributed by atoms with Crippen molar-refractivity contribution in [2.24, 2.45) is 0 Å². The Balaban J connectivity index is 2.08. The molecule has 0 aliphatic carbocycles. The lowest BCUT2D eigenvalue weighted by Gasteiger charge is -2.21. The van der Waals surface area contributed by atoms with Crippen LogP contribution in [0.15, 0.2) is 41.0 Å². The van der Waals surface area contributed by atoms with E-state index in [2.05, 4.69) is 26.1 Å². The van der Waals surface area contributed by atoms with Crippen LogP contribution in [-0.2, 0) is 23.2 Å². The fourth-order valence-corrected chi connectivity index (χ4v) is 2.22. The minimum absolute atomic E-state index is 0.0334. The summed E-state index contributed by atoms with van der Waals surface area (Å²) in [7, 11) is 1.62. The zero-order valence-electron chi connectivity index (χ0n) is 13.6.